The third kappa shape index (κ3) is 4.67. The van der Waals surface area contributed by atoms with E-state index < -0.39 is 0 Å². The number of hydrogen-bond donors (Lipinski definition) is 1. The molecule has 37 heavy (non-hydrogen) atoms. The number of benzene rings is 2. The Hall–Kier alpha value is -4.20. The molecule has 5 rings (SSSR count). The summed E-state index contributed by atoms with van der Waals surface area (Å²) >= 11 is 0. The van der Waals surface area contributed by atoms with Gasteiger partial charge >= 0.3 is 0 Å². The number of aliphatic imine (C=N–C) groups is 1. The number of carbonyl (C=O) groups is 1. The first-order valence-corrected chi connectivity index (χ1v) is 12.7. The van der Waals surface area contributed by atoms with E-state index in [9.17, 15) is 9.59 Å². The van der Waals surface area contributed by atoms with Crippen molar-refractivity contribution in [3.63, 3.8) is 0 Å². The highest BCUT2D eigenvalue weighted by Gasteiger charge is 2.19. The van der Waals surface area contributed by atoms with E-state index in [0.717, 1.165) is 22.6 Å². The van der Waals surface area contributed by atoms with Crippen LogP contribution in [0.3, 0.4) is 0 Å². The largest absolute Gasteiger partial charge is 0.496 e. The highest BCUT2D eigenvalue weighted by molar-refractivity contribution is 6.03. The molecular weight excluding hydrogens is 466 g/mol. The second kappa shape index (κ2) is 10.4. The van der Waals surface area contributed by atoms with Crippen molar-refractivity contribution in [1.82, 2.24) is 19.5 Å². The van der Waals surface area contributed by atoms with Crippen LogP contribution in [0.4, 0.5) is 0 Å². The molecule has 0 unspecified atom stereocenters. The van der Waals surface area contributed by atoms with Gasteiger partial charge in [-0.25, -0.2) is 0 Å². The van der Waals surface area contributed by atoms with Crippen LogP contribution in [-0.4, -0.2) is 39.5 Å². The number of fused-ring (bicyclic) bond motifs is 2. The van der Waals surface area contributed by atoms with Gasteiger partial charge in [-0.2, -0.15) is 9.61 Å². The van der Waals surface area contributed by atoms with Crippen LogP contribution in [0, 0.1) is 6.92 Å². The maximum Gasteiger partial charge on any atom is 0.277 e. The molecule has 0 bridgehead atoms. The van der Waals surface area contributed by atoms with Crippen LogP contribution >= 0.6 is 0 Å². The van der Waals surface area contributed by atoms with Crippen molar-refractivity contribution in [1.29, 1.82) is 0 Å². The van der Waals surface area contributed by atoms with Crippen LogP contribution < -0.4 is 15.6 Å². The SMILES string of the molecule is CCn1c(C)c(CCC(=O)NCCC2=NCc3ccccc32)c(=O)n2nc(-c3ccccc3OC)cc12. The first-order valence-electron chi connectivity index (χ1n) is 12.7. The van der Waals surface area contributed by atoms with Crippen molar-refractivity contribution in [3.05, 3.63) is 87.3 Å². The summed E-state index contributed by atoms with van der Waals surface area (Å²) in [5, 5.41) is 7.62. The summed E-state index contributed by atoms with van der Waals surface area (Å²) in [5.74, 6) is 0.617. The average molecular weight is 498 g/mol. The monoisotopic (exact) mass is 497 g/mol. The second-order valence-corrected chi connectivity index (χ2v) is 9.13. The number of nitrogens with one attached hydrogen (secondary N) is 1. The highest BCUT2D eigenvalue weighted by Crippen LogP contribution is 2.29. The van der Waals surface area contributed by atoms with Gasteiger partial charge < -0.3 is 14.6 Å². The number of amides is 1. The summed E-state index contributed by atoms with van der Waals surface area (Å²) in [4.78, 5) is 30.7. The van der Waals surface area contributed by atoms with Crippen LogP contribution in [0.2, 0.25) is 0 Å². The van der Waals surface area contributed by atoms with Gasteiger partial charge in [0.1, 0.15) is 11.4 Å². The van der Waals surface area contributed by atoms with E-state index in [1.807, 2.05) is 56.3 Å². The lowest BCUT2D eigenvalue weighted by molar-refractivity contribution is -0.121. The fraction of sp³-hybridized carbons (Fsp3) is 0.310. The number of rotatable bonds is 9. The molecule has 3 heterocycles. The van der Waals surface area contributed by atoms with Gasteiger partial charge in [-0.1, -0.05) is 36.4 Å². The van der Waals surface area contributed by atoms with Gasteiger partial charge in [-0.3, -0.25) is 14.6 Å². The summed E-state index contributed by atoms with van der Waals surface area (Å²) in [5.41, 5.74) is 6.92. The molecule has 0 saturated heterocycles. The summed E-state index contributed by atoms with van der Waals surface area (Å²) in [6, 6.07) is 17.7. The van der Waals surface area contributed by atoms with Gasteiger partial charge in [0.05, 0.1) is 19.3 Å². The van der Waals surface area contributed by atoms with E-state index in [0.29, 0.717) is 49.5 Å². The van der Waals surface area contributed by atoms with Crippen LogP contribution in [0.1, 0.15) is 42.1 Å². The summed E-state index contributed by atoms with van der Waals surface area (Å²) in [7, 11) is 1.62. The van der Waals surface area contributed by atoms with E-state index in [-0.39, 0.29) is 17.9 Å². The molecule has 8 heteroatoms. The molecule has 1 N–H and O–H groups in total. The third-order valence-corrected chi connectivity index (χ3v) is 7.01. The quantitative estimate of drug-likeness (QED) is 0.379. The van der Waals surface area contributed by atoms with E-state index in [1.54, 1.807) is 7.11 Å². The molecule has 2 aromatic carbocycles. The molecule has 0 fully saturated rings. The zero-order valence-electron chi connectivity index (χ0n) is 21.5. The summed E-state index contributed by atoms with van der Waals surface area (Å²) in [6.45, 7) is 5.87. The Labute approximate surface area is 215 Å². The predicted octanol–water partition coefficient (Wildman–Crippen LogP) is 3.94. The number of methoxy groups -OCH3 is 1. The molecule has 1 aliphatic rings. The third-order valence-electron chi connectivity index (χ3n) is 7.01. The Morgan fingerprint density at radius 1 is 1.08 bits per heavy atom. The zero-order valence-corrected chi connectivity index (χ0v) is 21.5. The molecule has 1 amide bonds. The lowest BCUT2D eigenvalue weighted by Gasteiger charge is -2.14. The van der Waals surface area contributed by atoms with Gasteiger partial charge in [-0.05, 0) is 38.0 Å². The molecule has 190 valence electrons. The number of aromatic nitrogens is 3. The maximum absolute atomic E-state index is 13.4. The highest BCUT2D eigenvalue weighted by atomic mass is 16.5. The summed E-state index contributed by atoms with van der Waals surface area (Å²) < 4.78 is 9.00. The standard InChI is InChI=1S/C29H31N5O3/c1-4-33-19(2)21(13-14-27(35)30-16-15-24-22-10-6-5-9-20(22)18-31-24)29(36)34-28(33)17-25(32-34)23-11-7-8-12-26(23)37-3/h5-12,17H,4,13-16,18H2,1-3H3,(H,30,35). The first-order chi connectivity index (χ1) is 18.0. The molecular formula is C29H31N5O3. The van der Waals surface area contributed by atoms with Crippen molar-refractivity contribution < 1.29 is 9.53 Å². The van der Waals surface area contributed by atoms with Crippen molar-refractivity contribution in [3.8, 4) is 17.0 Å². The number of hydrogen-bond acceptors (Lipinski definition) is 5. The minimum Gasteiger partial charge on any atom is -0.496 e. The maximum atomic E-state index is 13.4. The van der Waals surface area contributed by atoms with E-state index >= 15 is 0 Å². The number of para-hydroxylation sites is 1. The number of ether oxygens (including phenoxy) is 1. The van der Waals surface area contributed by atoms with E-state index in [1.165, 1.54) is 15.6 Å². The minimum atomic E-state index is -0.192. The van der Waals surface area contributed by atoms with Crippen LogP contribution in [-0.2, 0) is 24.3 Å². The Kier molecular flexibility index (Phi) is 6.90. The fourth-order valence-electron chi connectivity index (χ4n) is 5.07. The van der Waals surface area contributed by atoms with E-state index in [2.05, 4.69) is 32.1 Å². The normalized spacial score (nSPS) is 12.5. The Morgan fingerprint density at radius 2 is 1.84 bits per heavy atom. The van der Waals surface area contributed by atoms with Crippen molar-refractivity contribution in [2.75, 3.05) is 13.7 Å². The van der Waals surface area contributed by atoms with Gasteiger partial charge in [0.25, 0.3) is 5.56 Å². The van der Waals surface area contributed by atoms with Crippen LogP contribution in [0.25, 0.3) is 16.9 Å². The van der Waals surface area contributed by atoms with E-state index in [4.69, 9.17) is 4.74 Å². The lowest BCUT2D eigenvalue weighted by Crippen LogP contribution is -2.29. The minimum absolute atomic E-state index is 0.0796. The number of nitrogens with zero attached hydrogens (tertiary/aromatic N) is 4. The van der Waals surface area contributed by atoms with Crippen molar-refractivity contribution in [2.45, 2.75) is 46.2 Å². The Morgan fingerprint density at radius 3 is 2.62 bits per heavy atom. The molecule has 2 aromatic heterocycles. The fourth-order valence-corrected chi connectivity index (χ4v) is 5.07. The Bertz CT molecular complexity index is 1560. The van der Waals surface area contributed by atoms with Crippen LogP contribution in [0.15, 0.2) is 64.4 Å². The molecule has 0 atom stereocenters. The second-order valence-electron chi connectivity index (χ2n) is 9.13. The number of carbonyl (C=O) groups excluding carboxylic acids is 1. The molecule has 8 nitrogen and oxygen atoms in total. The zero-order chi connectivity index (χ0) is 25.9. The smallest absolute Gasteiger partial charge is 0.277 e. The molecule has 0 spiro atoms. The van der Waals surface area contributed by atoms with Gasteiger partial charge in [0.2, 0.25) is 5.91 Å². The molecule has 0 saturated carbocycles. The molecule has 1 aliphatic heterocycles. The summed E-state index contributed by atoms with van der Waals surface area (Å²) in [6.07, 6.45) is 1.27. The lowest BCUT2D eigenvalue weighted by atomic mass is 10.0. The van der Waals surface area contributed by atoms with Crippen molar-refractivity contribution in [2.24, 2.45) is 4.99 Å². The first kappa shape index (κ1) is 24.5. The van der Waals surface area contributed by atoms with Gasteiger partial charge in [0, 0.05) is 60.1 Å². The molecule has 0 radical (unpaired) electrons. The topological polar surface area (TPSA) is 90.0 Å². The molecule has 0 aliphatic carbocycles. The van der Waals surface area contributed by atoms with Crippen molar-refractivity contribution >= 4 is 17.3 Å². The van der Waals surface area contributed by atoms with Gasteiger partial charge in [0.15, 0.2) is 0 Å². The predicted molar refractivity (Wildman–Crippen MR) is 144 cm³/mol. The average Bonchev–Trinajstić information content (AvgIpc) is 3.54. The number of aryl methyl sites for hydroxylation is 1. The van der Waals surface area contributed by atoms with Crippen LogP contribution in [0.5, 0.6) is 5.75 Å². The molecule has 4 aromatic rings. The Balaban J connectivity index is 1.31. The van der Waals surface area contributed by atoms with Gasteiger partial charge in [-0.15, -0.1) is 0 Å².